The zero-order chi connectivity index (χ0) is 15.5. The monoisotopic (exact) mass is 315 g/mol. The van der Waals surface area contributed by atoms with E-state index in [2.05, 4.69) is 5.32 Å². The first-order valence-corrected chi connectivity index (χ1v) is 7.59. The summed E-state index contributed by atoms with van der Waals surface area (Å²) in [7, 11) is 0. The van der Waals surface area contributed by atoms with Crippen LogP contribution in [-0.4, -0.2) is 17.0 Å². The molecule has 0 saturated carbocycles. The lowest BCUT2D eigenvalue weighted by Crippen LogP contribution is -2.11. The molecule has 0 aliphatic carbocycles. The molecule has 0 spiro atoms. The molecule has 2 aromatic heterocycles. The number of fused-ring (bicyclic) bond motifs is 1. The van der Waals surface area contributed by atoms with Gasteiger partial charge in [-0.1, -0.05) is 6.07 Å². The van der Waals surface area contributed by atoms with E-state index in [4.69, 9.17) is 9.52 Å². The second-order valence-electron chi connectivity index (χ2n) is 4.80. The molecule has 1 amide bonds. The Kier molecular flexibility index (Phi) is 3.93. The molecule has 0 bridgehead atoms. The minimum absolute atomic E-state index is 0.0743. The molecular formula is C16H13NO4S. The number of thiophene rings is 1. The van der Waals surface area contributed by atoms with Gasteiger partial charge in [-0.25, -0.2) is 4.79 Å². The number of aryl methyl sites for hydroxylation is 1. The number of hydrogen-bond donors (Lipinski definition) is 2. The van der Waals surface area contributed by atoms with Crippen molar-refractivity contribution in [3.05, 3.63) is 52.4 Å². The fourth-order valence-electron chi connectivity index (χ4n) is 2.14. The summed E-state index contributed by atoms with van der Waals surface area (Å²) in [5.74, 6) is -1.30. The number of rotatable bonds is 5. The van der Waals surface area contributed by atoms with Crippen molar-refractivity contribution in [3.63, 3.8) is 0 Å². The third-order valence-corrected chi connectivity index (χ3v) is 4.13. The predicted octanol–water partition coefficient (Wildman–Crippen LogP) is 3.76. The summed E-state index contributed by atoms with van der Waals surface area (Å²) in [6.07, 6.45) is 1.12. The minimum Gasteiger partial charge on any atom is -0.475 e. The molecule has 22 heavy (non-hydrogen) atoms. The number of amides is 1. The van der Waals surface area contributed by atoms with E-state index in [0.717, 1.165) is 0 Å². The molecule has 112 valence electrons. The smallest absolute Gasteiger partial charge is 0.371 e. The van der Waals surface area contributed by atoms with E-state index in [9.17, 15) is 9.59 Å². The van der Waals surface area contributed by atoms with Gasteiger partial charge >= 0.3 is 5.97 Å². The van der Waals surface area contributed by atoms with E-state index in [1.54, 1.807) is 29.5 Å². The Bertz CT molecular complexity index is 820. The summed E-state index contributed by atoms with van der Waals surface area (Å²) in [5, 5.41) is 14.3. The van der Waals surface area contributed by atoms with Gasteiger partial charge in [0.2, 0.25) is 11.7 Å². The number of anilines is 1. The number of carboxylic acids is 1. The van der Waals surface area contributed by atoms with Gasteiger partial charge in [0.15, 0.2) is 0 Å². The van der Waals surface area contributed by atoms with Gasteiger partial charge in [0, 0.05) is 22.4 Å². The quantitative estimate of drug-likeness (QED) is 0.751. The molecule has 5 nitrogen and oxygen atoms in total. The minimum atomic E-state index is -1.11. The number of furan rings is 1. The lowest BCUT2D eigenvalue weighted by atomic mass is 10.2. The van der Waals surface area contributed by atoms with Crippen molar-refractivity contribution in [3.8, 4) is 0 Å². The fourth-order valence-corrected chi connectivity index (χ4v) is 2.85. The first kappa shape index (κ1) is 14.3. The van der Waals surface area contributed by atoms with Crippen LogP contribution in [0.3, 0.4) is 0 Å². The number of benzene rings is 1. The number of nitrogens with one attached hydrogen (secondary N) is 1. The summed E-state index contributed by atoms with van der Waals surface area (Å²) in [5.41, 5.74) is 1.11. The van der Waals surface area contributed by atoms with Crippen molar-refractivity contribution < 1.29 is 19.1 Å². The number of hydrogen-bond acceptors (Lipinski definition) is 4. The van der Waals surface area contributed by atoms with Crippen LogP contribution in [0.5, 0.6) is 0 Å². The van der Waals surface area contributed by atoms with Gasteiger partial charge in [0.25, 0.3) is 0 Å². The molecular weight excluding hydrogens is 302 g/mol. The SMILES string of the molecule is O=C(CCc1cccs1)Nc1ccc2oc(C(=O)O)cc2c1. The van der Waals surface area contributed by atoms with Crippen molar-refractivity contribution >= 4 is 39.9 Å². The molecule has 2 N–H and O–H groups in total. The second kappa shape index (κ2) is 6.03. The van der Waals surface area contributed by atoms with Crippen molar-refractivity contribution in [1.29, 1.82) is 0 Å². The molecule has 1 aromatic carbocycles. The average Bonchev–Trinajstić information content (AvgIpc) is 3.14. The van der Waals surface area contributed by atoms with Gasteiger partial charge in [0.1, 0.15) is 5.58 Å². The molecule has 0 atom stereocenters. The van der Waals surface area contributed by atoms with E-state index in [1.165, 1.54) is 10.9 Å². The molecule has 0 saturated heterocycles. The Morgan fingerprint density at radius 1 is 1.23 bits per heavy atom. The van der Waals surface area contributed by atoms with Crippen LogP contribution in [0.2, 0.25) is 0 Å². The summed E-state index contributed by atoms with van der Waals surface area (Å²) in [6, 6.07) is 10.5. The zero-order valence-corrected chi connectivity index (χ0v) is 12.4. The van der Waals surface area contributed by atoms with Crippen molar-refractivity contribution in [2.75, 3.05) is 5.32 Å². The van der Waals surface area contributed by atoms with Gasteiger partial charge in [-0.2, -0.15) is 0 Å². The third-order valence-electron chi connectivity index (χ3n) is 3.19. The van der Waals surface area contributed by atoms with Gasteiger partial charge in [-0.05, 0) is 42.1 Å². The van der Waals surface area contributed by atoms with Crippen molar-refractivity contribution in [2.24, 2.45) is 0 Å². The van der Waals surface area contributed by atoms with Crippen LogP contribution in [0.25, 0.3) is 11.0 Å². The molecule has 0 aliphatic heterocycles. The first-order valence-electron chi connectivity index (χ1n) is 6.71. The molecule has 0 radical (unpaired) electrons. The van der Waals surface area contributed by atoms with Crippen LogP contribution in [0.15, 0.2) is 46.2 Å². The highest BCUT2D eigenvalue weighted by atomic mass is 32.1. The number of aromatic carboxylic acids is 1. The normalized spacial score (nSPS) is 10.7. The number of carbonyl (C=O) groups is 2. The Morgan fingerprint density at radius 3 is 2.82 bits per heavy atom. The molecule has 0 fully saturated rings. The van der Waals surface area contributed by atoms with E-state index >= 15 is 0 Å². The lowest BCUT2D eigenvalue weighted by molar-refractivity contribution is -0.116. The lowest BCUT2D eigenvalue weighted by Gasteiger charge is -2.04. The summed E-state index contributed by atoms with van der Waals surface area (Å²) < 4.78 is 5.18. The Hall–Kier alpha value is -2.60. The van der Waals surface area contributed by atoms with Crippen LogP contribution in [0.1, 0.15) is 21.9 Å². The zero-order valence-electron chi connectivity index (χ0n) is 11.5. The Morgan fingerprint density at radius 2 is 2.09 bits per heavy atom. The highest BCUT2D eigenvalue weighted by molar-refractivity contribution is 7.09. The van der Waals surface area contributed by atoms with E-state index < -0.39 is 5.97 Å². The molecule has 0 unspecified atom stereocenters. The van der Waals surface area contributed by atoms with E-state index in [1.807, 2.05) is 17.5 Å². The van der Waals surface area contributed by atoms with Crippen LogP contribution >= 0.6 is 11.3 Å². The summed E-state index contributed by atoms with van der Waals surface area (Å²) >= 11 is 1.63. The second-order valence-corrected chi connectivity index (χ2v) is 5.83. The standard InChI is InChI=1S/C16H13NO4S/c18-15(6-4-12-2-1-7-22-12)17-11-3-5-13-10(8-11)9-14(21-13)16(19)20/h1-3,5,7-9H,4,6H2,(H,17,18)(H,19,20). The predicted molar refractivity (Wildman–Crippen MR) is 84.4 cm³/mol. The summed E-state index contributed by atoms with van der Waals surface area (Å²) in [4.78, 5) is 24.0. The molecule has 3 rings (SSSR count). The number of carboxylic acid groups (broad SMARTS) is 1. The van der Waals surface area contributed by atoms with Gasteiger partial charge in [-0.3, -0.25) is 4.79 Å². The average molecular weight is 315 g/mol. The fraction of sp³-hybridized carbons (Fsp3) is 0.125. The largest absolute Gasteiger partial charge is 0.475 e. The third kappa shape index (κ3) is 3.17. The maximum atomic E-state index is 11.9. The van der Waals surface area contributed by atoms with Gasteiger partial charge in [-0.15, -0.1) is 11.3 Å². The molecule has 3 aromatic rings. The topological polar surface area (TPSA) is 79.5 Å². The maximum Gasteiger partial charge on any atom is 0.371 e. The number of carbonyl (C=O) groups excluding carboxylic acids is 1. The van der Waals surface area contributed by atoms with Crippen molar-refractivity contribution in [2.45, 2.75) is 12.8 Å². The van der Waals surface area contributed by atoms with Gasteiger partial charge in [0.05, 0.1) is 0 Å². The molecule has 2 heterocycles. The maximum absolute atomic E-state index is 11.9. The highest BCUT2D eigenvalue weighted by Crippen LogP contribution is 2.23. The highest BCUT2D eigenvalue weighted by Gasteiger charge is 2.11. The summed E-state index contributed by atoms with van der Waals surface area (Å²) in [6.45, 7) is 0. The Balaban J connectivity index is 1.67. The van der Waals surface area contributed by atoms with Crippen LogP contribution < -0.4 is 5.32 Å². The first-order chi connectivity index (χ1) is 10.6. The van der Waals surface area contributed by atoms with Crippen molar-refractivity contribution in [1.82, 2.24) is 0 Å². The van der Waals surface area contributed by atoms with Gasteiger partial charge < -0.3 is 14.8 Å². The van der Waals surface area contributed by atoms with Crippen LogP contribution in [0, 0.1) is 0 Å². The van der Waals surface area contributed by atoms with E-state index in [-0.39, 0.29) is 11.7 Å². The molecule has 0 aliphatic rings. The van der Waals surface area contributed by atoms with Crippen LogP contribution in [-0.2, 0) is 11.2 Å². The Labute approximate surface area is 130 Å². The molecule has 6 heteroatoms. The van der Waals surface area contributed by atoms with E-state index in [0.29, 0.717) is 29.5 Å². The van der Waals surface area contributed by atoms with Crippen LogP contribution in [0.4, 0.5) is 5.69 Å².